The van der Waals surface area contributed by atoms with Crippen LogP contribution in [0.25, 0.3) is 4.96 Å². The van der Waals surface area contributed by atoms with Crippen molar-refractivity contribution >= 4 is 22.3 Å². The second-order valence-electron chi connectivity index (χ2n) is 7.02. The van der Waals surface area contributed by atoms with Crippen molar-refractivity contribution in [1.82, 2.24) is 14.6 Å². The number of nitrogens with one attached hydrogen (secondary N) is 1. The van der Waals surface area contributed by atoms with Crippen LogP contribution in [0.1, 0.15) is 49.2 Å². The minimum Gasteiger partial charge on any atom is -0.492 e. The van der Waals surface area contributed by atoms with Crippen LogP contribution in [0.4, 0.5) is 0 Å². The van der Waals surface area contributed by atoms with Gasteiger partial charge in [-0.2, -0.15) is 4.52 Å². The maximum Gasteiger partial charge on any atom is 0.314 e. The number of carbonyl (C=O) groups excluding carboxylic acids is 1. The maximum atomic E-state index is 12.3. The highest BCUT2D eigenvalue weighted by Gasteiger charge is 2.39. The van der Waals surface area contributed by atoms with Crippen LogP contribution in [0.5, 0.6) is 5.88 Å². The molecule has 1 aliphatic heterocycles. The number of quaternary nitrogens is 1. The standard InChI is InChI=1S/C19H24N4O4S/c1-3-14-20-19-23(21-14)17(24)16(28-19)15(13-8-6-10-27-13)22-9-5-7-12(11-22)18(25)26-4-2/h6,8,10,12,15,24H,3-5,7,9,11H2,1-2H3/p+1/t12-,15-/m0/s1. The Hall–Kier alpha value is -2.39. The summed E-state index contributed by atoms with van der Waals surface area (Å²) in [4.78, 5) is 19.4. The highest BCUT2D eigenvalue weighted by Crippen LogP contribution is 2.35. The number of thiazole rings is 1. The van der Waals surface area contributed by atoms with Crippen molar-refractivity contribution in [3.05, 3.63) is 34.9 Å². The molecule has 0 bridgehead atoms. The first kappa shape index (κ1) is 18.9. The van der Waals surface area contributed by atoms with Gasteiger partial charge in [-0.05, 0) is 31.9 Å². The molecule has 1 fully saturated rings. The van der Waals surface area contributed by atoms with E-state index in [0.29, 0.717) is 30.4 Å². The Morgan fingerprint density at radius 2 is 2.39 bits per heavy atom. The predicted octanol–water partition coefficient (Wildman–Crippen LogP) is 1.60. The monoisotopic (exact) mass is 405 g/mol. The van der Waals surface area contributed by atoms with E-state index in [0.717, 1.165) is 30.0 Å². The first-order valence-corrected chi connectivity index (χ1v) is 10.6. The molecule has 3 aromatic rings. The molecule has 8 nitrogen and oxygen atoms in total. The number of aromatic nitrogens is 3. The number of piperidine rings is 1. The molecule has 1 aliphatic rings. The van der Waals surface area contributed by atoms with E-state index < -0.39 is 0 Å². The van der Waals surface area contributed by atoms with E-state index in [-0.39, 0.29) is 23.8 Å². The zero-order valence-electron chi connectivity index (χ0n) is 16.1. The number of carbonyl (C=O) groups is 1. The Morgan fingerprint density at radius 1 is 1.54 bits per heavy atom. The Labute approximate surface area is 166 Å². The minimum atomic E-state index is -0.217. The van der Waals surface area contributed by atoms with Gasteiger partial charge in [0.25, 0.3) is 0 Å². The van der Waals surface area contributed by atoms with Crippen LogP contribution in [-0.2, 0) is 16.0 Å². The lowest BCUT2D eigenvalue weighted by molar-refractivity contribution is -0.933. The Kier molecular flexibility index (Phi) is 5.36. The van der Waals surface area contributed by atoms with Gasteiger partial charge in [-0.15, -0.1) is 5.10 Å². The van der Waals surface area contributed by atoms with Gasteiger partial charge in [0.2, 0.25) is 10.8 Å². The van der Waals surface area contributed by atoms with Crippen LogP contribution >= 0.6 is 11.3 Å². The molecule has 150 valence electrons. The number of aromatic hydroxyl groups is 1. The molecule has 4 rings (SSSR count). The maximum absolute atomic E-state index is 12.3. The molecule has 1 saturated heterocycles. The molecule has 0 radical (unpaired) electrons. The molecule has 0 amide bonds. The molecule has 3 aromatic heterocycles. The van der Waals surface area contributed by atoms with Gasteiger partial charge in [0.05, 0.1) is 26.0 Å². The summed E-state index contributed by atoms with van der Waals surface area (Å²) in [6.07, 6.45) is 4.09. The van der Waals surface area contributed by atoms with Crippen LogP contribution in [0, 0.1) is 5.92 Å². The third-order valence-electron chi connectivity index (χ3n) is 5.24. The summed E-state index contributed by atoms with van der Waals surface area (Å²) in [7, 11) is 0. The second kappa shape index (κ2) is 7.92. The fraction of sp³-hybridized carbons (Fsp3) is 0.526. The average Bonchev–Trinajstić information content (AvgIpc) is 3.42. The lowest BCUT2D eigenvalue weighted by Crippen LogP contribution is -3.14. The highest BCUT2D eigenvalue weighted by atomic mass is 32.1. The number of nitrogens with zero attached hydrogens (tertiary/aromatic N) is 3. The summed E-state index contributed by atoms with van der Waals surface area (Å²) in [5.74, 6) is 1.28. The quantitative estimate of drug-likeness (QED) is 0.605. The van der Waals surface area contributed by atoms with E-state index in [4.69, 9.17) is 9.15 Å². The summed E-state index contributed by atoms with van der Waals surface area (Å²) in [6, 6.07) is 3.54. The minimum absolute atomic E-state index is 0.0966. The number of hydrogen-bond donors (Lipinski definition) is 2. The number of aryl methyl sites for hydroxylation is 1. The summed E-state index contributed by atoms with van der Waals surface area (Å²) >= 11 is 1.42. The molecule has 28 heavy (non-hydrogen) atoms. The van der Waals surface area contributed by atoms with Gasteiger partial charge in [0, 0.05) is 6.42 Å². The fourth-order valence-corrected chi connectivity index (χ4v) is 5.06. The number of likely N-dealkylation sites (tertiary alicyclic amines) is 1. The van der Waals surface area contributed by atoms with E-state index >= 15 is 0 Å². The van der Waals surface area contributed by atoms with Crippen molar-refractivity contribution in [1.29, 1.82) is 0 Å². The molecule has 2 N–H and O–H groups in total. The number of ether oxygens (including phenoxy) is 1. The fourth-order valence-electron chi connectivity index (χ4n) is 3.92. The zero-order valence-corrected chi connectivity index (χ0v) is 16.9. The molecule has 0 aromatic carbocycles. The van der Waals surface area contributed by atoms with E-state index in [1.807, 2.05) is 26.0 Å². The number of furan rings is 1. The summed E-state index contributed by atoms with van der Waals surface area (Å²) in [5.41, 5.74) is 0. The number of hydrogen-bond acceptors (Lipinski definition) is 7. The number of esters is 1. The van der Waals surface area contributed by atoms with Crippen molar-refractivity contribution in [2.75, 3.05) is 19.7 Å². The largest absolute Gasteiger partial charge is 0.492 e. The molecular weight excluding hydrogens is 380 g/mol. The zero-order chi connectivity index (χ0) is 19.7. The number of rotatable bonds is 6. The average molecular weight is 406 g/mol. The van der Waals surface area contributed by atoms with Crippen molar-refractivity contribution < 1.29 is 24.0 Å². The third kappa shape index (κ3) is 3.40. The van der Waals surface area contributed by atoms with Gasteiger partial charge in [0.1, 0.15) is 10.8 Å². The lowest BCUT2D eigenvalue weighted by atomic mass is 9.96. The van der Waals surface area contributed by atoms with Crippen molar-refractivity contribution in [3.63, 3.8) is 0 Å². The summed E-state index contributed by atoms with van der Waals surface area (Å²) in [5, 5.41) is 15.3. The van der Waals surface area contributed by atoms with Gasteiger partial charge >= 0.3 is 5.97 Å². The van der Waals surface area contributed by atoms with E-state index in [1.165, 1.54) is 20.8 Å². The molecule has 9 heteroatoms. The molecule has 0 spiro atoms. The lowest BCUT2D eigenvalue weighted by Gasteiger charge is -2.33. The van der Waals surface area contributed by atoms with Crippen LogP contribution in [0.3, 0.4) is 0 Å². The molecule has 3 atom stereocenters. The van der Waals surface area contributed by atoms with Crippen molar-refractivity contribution in [2.24, 2.45) is 5.92 Å². The molecule has 4 heterocycles. The van der Waals surface area contributed by atoms with Crippen LogP contribution in [0.2, 0.25) is 0 Å². The van der Waals surface area contributed by atoms with Gasteiger partial charge < -0.3 is 19.2 Å². The molecule has 1 unspecified atom stereocenters. The van der Waals surface area contributed by atoms with Gasteiger partial charge in [0.15, 0.2) is 17.6 Å². The first-order chi connectivity index (χ1) is 13.6. The normalized spacial score (nSPS) is 21.1. The van der Waals surface area contributed by atoms with Gasteiger partial charge in [-0.3, -0.25) is 4.79 Å². The van der Waals surface area contributed by atoms with Crippen molar-refractivity contribution in [2.45, 2.75) is 39.2 Å². The van der Waals surface area contributed by atoms with Crippen LogP contribution in [0.15, 0.2) is 22.8 Å². The molecule has 0 aliphatic carbocycles. The Bertz CT molecular complexity index is 949. The van der Waals surface area contributed by atoms with Crippen molar-refractivity contribution in [3.8, 4) is 5.88 Å². The smallest absolute Gasteiger partial charge is 0.314 e. The Morgan fingerprint density at radius 3 is 3.07 bits per heavy atom. The second-order valence-corrected chi connectivity index (χ2v) is 8.03. The van der Waals surface area contributed by atoms with Crippen LogP contribution in [-0.4, -0.2) is 45.4 Å². The SMILES string of the molecule is CCOC(=O)[C@H]1CCC[NH+]([C@@H](c2ccco2)c2sc3nc(CC)nn3c2O)C1. The van der Waals surface area contributed by atoms with Gasteiger partial charge in [-0.25, -0.2) is 4.98 Å². The molecule has 0 saturated carbocycles. The third-order valence-corrected chi connectivity index (χ3v) is 6.32. The Balaban J connectivity index is 1.70. The van der Waals surface area contributed by atoms with E-state index in [2.05, 4.69) is 10.1 Å². The first-order valence-electron chi connectivity index (χ1n) is 9.74. The van der Waals surface area contributed by atoms with Crippen LogP contribution < -0.4 is 4.90 Å². The van der Waals surface area contributed by atoms with Gasteiger partial charge in [-0.1, -0.05) is 18.3 Å². The number of fused-ring (bicyclic) bond motifs is 1. The topological polar surface area (TPSA) is 94.3 Å². The summed E-state index contributed by atoms with van der Waals surface area (Å²) in [6.45, 7) is 5.72. The summed E-state index contributed by atoms with van der Waals surface area (Å²) < 4.78 is 12.5. The van der Waals surface area contributed by atoms with E-state index in [9.17, 15) is 9.90 Å². The predicted molar refractivity (Wildman–Crippen MR) is 103 cm³/mol. The van der Waals surface area contributed by atoms with E-state index in [1.54, 1.807) is 6.26 Å². The molecular formula is C19H25N4O4S+. The highest BCUT2D eigenvalue weighted by molar-refractivity contribution is 7.17.